The number of nitrogens with zero attached hydrogens (tertiary/aromatic N) is 2. The van der Waals surface area contributed by atoms with E-state index in [1.54, 1.807) is 11.3 Å². The molecule has 2 aliphatic carbocycles. The molecule has 4 heterocycles. The Bertz CT molecular complexity index is 724. The molecule has 3 saturated heterocycles. The number of thiazole rings is 1. The van der Waals surface area contributed by atoms with Crippen LogP contribution < -0.4 is 4.80 Å². The zero-order valence-electron chi connectivity index (χ0n) is 15.5. The Morgan fingerprint density at radius 1 is 1.27 bits per heavy atom. The van der Waals surface area contributed by atoms with E-state index in [1.807, 2.05) is 0 Å². The van der Waals surface area contributed by atoms with E-state index in [4.69, 9.17) is 9.47 Å². The molecule has 0 aromatic carbocycles. The van der Waals surface area contributed by atoms with Crippen LogP contribution in [0.25, 0.3) is 0 Å². The van der Waals surface area contributed by atoms with Crippen LogP contribution in [0, 0.1) is 24.7 Å². The van der Waals surface area contributed by atoms with Gasteiger partial charge in [-0.2, -0.15) is 4.99 Å². The van der Waals surface area contributed by atoms with Crippen molar-refractivity contribution in [3.05, 3.63) is 15.9 Å². The van der Waals surface area contributed by atoms with E-state index in [1.165, 1.54) is 11.3 Å². The number of ether oxygens (including phenoxy) is 2. The van der Waals surface area contributed by atoms with Crippen LogP contribution in [0.4, 0.5) is 0 Å². The Morgan fingerprint density at radius 3 is 2.69 bits per heavy atom. The van der Waals surface area contributed by atoms with Crippen molar-refractivity contribution in [2.75, 3.05) is 13.2 Å². The molecule has 4 bridgehead atoms. The molecule has 2 atom stereocenters. The SMILES string of the molecule is Cc1cn(CC2CCOCC2)c(=NC(=O)C23CC4CC(CC(C4)O2)C3)s1. The lowest BCUT2D eigenvalue weighted by atomic mass is 9.62. The number of rotatable bonds is 3. The minimum atomic E-state index is -0.622. The van der Waals surface area contributed by atoms with Crippen LogP contribution in [0.5, 0.6) is 0 Å². The molecular formula is C20H28N2O3S. The van der Waals surface area contributed by atoms with Gasteiger partial charge in [0.05, 0.1) is 6.10 Å². The number of hydrogen-bond donors (Lipinski definition) is 0. The maximum absolute atomic E-state index is 13.2. The standard InChI is InChI=1S/C20H28N2O3S/c1-13-11-22(12-14-2-4-24-5-3-14)19(26-13)21-18(23)20-9-15-6-16(10-20)8-17(7-15)25-20/h11,14-17H,2-10,12H2,1H3. The van der Waals surface area contributed by atoms with Gasteiger partial charge in [0.25, 0.3) is 5.91 Å². The van der Waals surface area contributed by atoms with Gasteiger partial charge in [-0.3, -0.25) is 4.79 Å². The highest BCUT2D eigenvalue weighted by atomic mass is 32.1. The Morgan fingerprint density at radius 2 is 2.00 bits per heavy atom. The van der Waals surface area contributed by atoms with Gasteiger partial charge in [0.2, 0.25) is 0 Å². The van der Waals surface area contributed by atoms with Crippen LogP contribution in [0.3, 0.4) is 0 Å². The molecular weight excluding hydrogens is 348 g/mol. The Labute approximate surface area is 158 Å². The van der Waals surface area contributed by atoms with Gasteiger partial charge >= 0.3 is 0 Å². The van der Waals surface area contributed by atoms with Gasteiger partial charge in [0.15, 0.2) is 4.80 Å². The molecule has 0 N–H and O–H groups in total. The van der Waals surface area contributed by atoms with Crippen LogP contribution in [0.1, 0.15) is 49.8 Å². The highest BCUT2D eigenvalue weighted by Crippen LogP contribution is 2.53. The number of carbonyl (C=O) groups is 1. The third kappa shape index (κ3) is 3.10. The zero-order valence-corrected chi connectivity index (χ0v) is 16.3. The largest absolute Gasteiger partial charge is 0.381 e. The summed E-state index contributed by atoms with van der Waals surface area (Å²) in [5, 5.41) is 0. The predicted molar refractivity (Wildman–Crippen MR) is 98.8 cm³/mol. The first-order valence-corrected chi connectivity index (χ1v) is 10.9. The number of aromatic nitrogens is 1. The molecule has 1 amide bonds. The van der Waals surface area contributed by atoms with Crippen LogP contribution in [0.15, 0.2) is 11.2 Å². The van der Waals surface area contributed by atoms with E-state index >= 15 is 0 Å². The summed E-state index contributed by atoms with van der Waals surface area (Å²) in [6, 6.07) is 0. The fourth-order valence-electron chi connectivity index (χ4n) is 5.71. The van der Waals surface area contributed by atoms with Gasteiger partial charge in [0.1, 0.15) is 5.60 Å². The number of aryl methyl sites for hydroxylation is 1. The molecule has 142 valence electrons. The van der Waals surface area contributed by atoms with E-state index in [9.17, 15) is 4.79 Å². The quantitative estimate of drug-likeness (QED) is 0.815. The highest BCUT2D eigenvalue weighted by Gasteiger charge is 2.56. The average Bonchev–Trinajstić information content (AvgIpc) is 2.93. The van der Waals surface area contributed by atoms with Gasteiger partial charge in [-0.25, -0.2) is 0 Å². The first kappa shape index (κ1) is 17.1. The van der Waals surface area contributed by atoms with Crippen molar-refractivity contribution in [3.63, 3.8) is 0 Å². The molecule has 1 aromatic heterocycles. The third-order valence-electron chi connectivity index (χ3n) is 6.71. The van der Waals surface area contributed by atoms with Crippen LogP contribution in [-0.2, 0) is 20.8 Å². The number of carbonyl (C=O) groups excluding carboxylic acids is 1. The van der Waals surface area contributed by atoms with Gasteiger partial charge in [-0.05, 0) is 69.6 Å². The van der Waals surface area contributed by atoms with Gasteiger partial charge < -0.3 is 14.0 Å². The maximum Gasteiger partial charge on any atom is 0.280 e. The topological polar surface area (TPSA) is 52.8 Å². The van der Waals surface area contributed by atoms with Crippen molar-refractivity contribution < 1.29 is 14.3 Å². The van der Waals surface area contributed by atoms with Crippen LogP contribution in [0.2, 0.25) is 0 Å². The van der Waals surface area contributed by atoms with Crippen molar-refractivity contribution in [2.24, 2.45) is 22.7 Å². The molecule has 6 rings (SSSR count). The van der Waals surface area contributed by atoms with Crippen molar-refractivity contribution in [1.29, 1.82) is 0 Å². The lowest BCUT2D eigenvalue weighted by molar-refractivity contribution is -0.216. The summed E-state index contributed by atoms with van der Waals surface area (Å²) in [5.41, 5.74) is -0.622. The van der Waals surface area contributed by atoms with Crippen molar-refractivity contribution in [3.8, 4) is 0 Å². The Kier molecular flexibility index (Phi) is 4.33. The van der Waals surface area contributed by atoms with E-state index in [0.717, 1.165) is 63.1 Å². The van der Waals surface area contributed by atoms with Gasteiger partial charge in [-0.1, -0.05) is 0 Å². The summed E-state index contributed by atoms with van der Waals surface area (Å²) < 4.78 is 13.9. The number of amides is 1. The summed E-state index contributed by atoms with van der Waals surface area (Å²) in [4.78, 5) is 19.9. The van der Waals surface area contributed by atoms with Crippen molar-refractivity contribution >= 4 is 17.2 Å². The van der Waals surface area contributed by atoms with Crippen LogP contribution in [-0.4, -0.2) is 35.4 Å². The lowest BCUT2D eigenvalue weighted by Crippen LogP contribution is -2.58. The fraction of sp³-hybridized carbons (Fsp3) is 0.800. The Hall–Kier alpha value is -0.980. The minimum Gasteiger partial charge on any atom is -0.381 e. The average molecular weight is 377 g/mol. The molecule has 6 heteroatoms. The van der Waals surface area contributed by atoms with E-state index < -0.39 is 5.60 Å². The van der Waals surface area contributed by atoms with Gasteiger partial charge in [0, 0.05) is 30.8 Å². The summed E-state index contributed by atoms with van der Waals surface area (Å²) >= 11 is 1.62. The third-order valence-corrected chi connectivity index (χ3v) is 7.64. The molecule has 5 fully saturated rings. The lowest BCUT2D eigenvalue weighted by Gasteiger charge is -2.54. The minimum absolute atomic E-state index is 0.0285. The number of hydrogen-bond acceptors (Lipinski definition) is 4. The molecule has 26 heavy (non-hydrogen) atoms. The second kappa shape index (κ2) is 6.57. The molecule has 0 radical (unpaired) electrons. The van der Waals surface area contributed by atoms with Gasteiger partial charge in [-0.15, -0.1) is 11.3 Å². The van der Waals surface area contributed by atoms with E-state index in [-0.39, 0.29) is 5.91 Å². The molecule has 2 unspecified atom stereocenters. The predicted octanol–water partition coefficient (Wildman–Crippen LogP) is 3.06. The first-order chi connectivity index (χ1) is 12.6. The highest BCUT2D eigenvalue weighted by molar-refractivity contribution is 7.09. The van der Waals surface area contributed by atoms with Crippen molar-refractivity contribution in [2.45, 2.75) is 70.1 Å². The van der Waals surface area contributed by atoms with E-state index in [0.29, 0.717) is 23.9 Å². The van der Waals surface area contributed by atoms with Crippen LogP contribution >= 0.6 is 11.3 Å². The zero-order chi connectivity index (χ0) is 17.7. The first-order valence-electron chi connectivity index (χ1n) is 10.1. The summed E-state index contributed by atoms with van der Waals surface area (Å²) in [7, 11) is 0. The van der Waals surface area contributed by atoms with E-state index in [2.05, 4.69) is 22.7 Å². The summed E-state index contributed by atoms with van der Waals surface area (Å²) in [5.74, 6) is 1.92. The van der Waals surface area contributed by atoms with Crippen molar-refractivity contribution in [1.82, 2.24) is 4.57 Å². The molecule has 5 nitrogen and oxygen atoms in total. The second-order valence-electron chi connectivity index (χ2n) is 8.83. The normalized spacial score (nSPS) is 37.4. The molecule has 2 saturated carbocycles. The second-order valence-corrected chi connectivity index (χ2v) is 10.0. The summed E-state index contributed by atoms with van der Waals surface area (Å²) in [6.07, 6.45) is 9.96. The smallest absolute Gasteiger partial charge is 0.280 e. The monoisotopic (exact) mass is 376 g/mol. The molecule has 0 spiro atoms. The summed E-state index contributed by atoms with van der Waals surface area (Å²) in [6.45, 7) is 4.72. The maximum atomic E-state index is 13.2. The molecule has 3 aliphatic heterocycles. The fourth-order valence-corrected chi connectivity index (χ4v) is 6.55. The molecule has 5 aliphatic rings. The molecule has 1 aromatic rings. The Balaban J connectivity index is 1.41.